The fourth-order valence-electron chi connectivity index (χ4n) is 2.51. The van der Waals surface area contributed by atoms with Crippen LogP contribution in [0.4, 0.5) is 5.69 Å². The van der Waals surface area contributed by atoms with Gasteiger partial charge in [0.2, 0.25) is 0 Å². The van der Waals surface area contributed by atoms with Gasteiger partial charge in [-0.3, -0.25) is 4.79 Å². The number of ether oxygens (including phenoxy) is 1. The summed E-state index contributed by atoms with van der Waals surface area (Å²) in [6, 6.07) is 7.67. The maximum atomic E-state index is 12.4. The lowest BCUT2D eigenvalue weighted by Gasteiger charge is -2.26. The molecule has 0 radical (unpaired) electrons. The third-order valence-electron chi connectivity index (χ3n) is 3.59. The first kappa shape index (κ1) is 13.7. The van der Waals surface area contributed by atoms with Crippen molar-refractivity contribution in [2.75, 3.05) is 11.9 Å². The van der Waals surface area contributed by atoms with Gasteiger partial charge < -0.3 is 14.6 Å². The maximum absolute atomic E-state index is 12.4. The Hall–Kier alpha value is -2.30. The van der Waals surface area contributed by atoms with Crippen molar-refractivity contribution in [1.82, 2.24) is 9.55 Å². The van der Waals surface area contributed by atoms with Crippen LogP contribution in [0.15, 0.2) is 36.7 Å². The summed E-state index contributed by atoms with van der Waals surface area (Å²) < 4.78 is 7.82. The van der Waals surface area contributed by atoms with Crippen LogP contribution in [0.1, 0.15) is 19.2 Å². The van der Waals surface area contributed by atoms with E-state index in [1.807, 2.05) is 35.0 Å². The van der Waals surface area contributed by atoms with Crippen LogP contribution in [-0.4, -0.2) is 28.0 Å². The van der Waals surface area contributed by atoms with Gasteiger partial charge in [0.25, 0.3) is 0 Å². The third kappa shape index (κ3) is 2.91. The van der Waals surface area contributed by atoms with Gasteiger partial charge in [-0.2, -0.15) is 0 Å². The van der Waals surface area contributed by atoms with Gasteiger partial charge >= 0.3 is 0 Å². The Bertz CT molecular complexity index is 636. The number of nitrogens with zero attached hydrogens (tertiary/aromatic N) is 2. The van der Waals surface area contributed by atoms with E-state index in [9.17, 15) is 4.79 Å². The zero-order valence-corrected chi connectivity index (χ0v) is 12.1. The first-order valence-corrected chi connectivity index (χ1v) is 7.30. The molecule has 0 fully saturated rings. The van der Waals surface area contributed by atoms with Crippen molar-refractivity contribution in [3.05, 3.63) is 42.5 Å². The molecule has 5 heteroatoms. The van der Waals surface area contributed by atoms with Crippen molar-refractivity contribution in [1.29, 1.82) is 0 Å². The minimum absolute atomic E-state index is 0.0561. The SMILES string of the molecule is CCCn1ccnc1CC(=O)C1CNc2ccccc2O1. The zero-order chi connectivity index (χ0) is 14.7. The summed E-state index contributed by atoms with van der Waals surface area (Å²) in [6.45, 7) is 3.50. The van der Waals surface area contributed by atoms with Gasteiger partial charge in [-0.15, -0.1) is 0 Å². The molecule has 2 heterocycles. The van der Waals surface area contributed by atoms with E-state index in [2.05, 4.69) is 17.2 Å². The van der Waals surface area contributed by atoms with Gasteiger partial charge in [0.05, 0.1) is 18.7 Å². The maximum Gasteiger partial charge on any atom is 0.182 e. The fourth-order valence-corrected chi connectivity index (χ4v) is 2.51. The van der Waals surface area contributed by atoms with Crippen LogP contribution in [0.5, 0.6) is 5.75 Å². The van der Waals surface area contributed by atoms with Crippen LogP contribution < -0.4 is 10.1 Å². The van der Waals surface area contributed by atoms with Crippen LogP contribution in [-0.2, 0) is 17.8 Å². The average molecular weight is 285 g/mol. The third-order valence-corrected chi connectivity index (χ3v) is 3.59. The normalized spacial score (nSPS) is 16.7. The van der Waals surface area contributed by atoms with Gasteiger partial charge in [0, 0.05) is 18.9 Å². The standard InChI is InChI=1S/C16H19N3O2/c1-2-8-19-9-7-17-16(19)10-13(20)15-11-18-12-5-3-4-6-14(12)21-15/h3-7,9,15,18H,2,8,10-11H2,1H3. The highest BCUT2D eigenvalue weighted by Gasteiger charge is 2.26. The molecule has 1 aromatic carbocycles. The number of aryl methyl sites for hydroxylation is 1. The molecular weight excluding hydrogens is 266 g/mol. The van der Waals surface area contributed by atoms with Crippen molar-refractivity contribution >= 4 is 11.5 Å². The monoisotopic (exact) mass is 285 g/mol. The number of carbonyl (C=O) groups excluding carboxylic acids is 1. The van der Waals surface area contributed by atoms with Crippen molar-refractivity contribution < 1.29 is 9.53 Å². The predicted octanol–water partition coefficient (Wildman–Crippen LogP) is 2.28. The molecule has 21 heavy (non-hydrogen) atoms. The molecule has 110 valence electrons. The summed E-state index contributed by atoms with van der Waals surface area (Å²) in [6.07, 6.45) is 4.54. The number of imidazole rings is 1. The van der Waals surface area contributed by atoms with E-state index in [1.54, 1.807) is 6.20 Å². The fraction of sp³-hybridized carbons (Fsp3) is 0.375. The smallest absolute Gasteiger partial charge is 0.182 e. The molecule has 1 aliphatic heterocycles. The van der Waals surface area contributed by atoms with E-state index < -0.39 is 6.10 Å². The molecule has 0 aliphatic carbocycles. The number of fused-ring (bicyclic) bond motifs is 1. The Morgan fingerprint density at radius 3 is 3.19 bits per heavy atom. The first-order chi connectivity index (χ1) is 10.3. The summed E-state index contributed by atoms with van der Waals surface area (Å²) in [5, 5.41) is 3.24. The Balaban J connectivity index is 1.68. The molecule has 5 nitrogen and oxygen atoms in total. The Morgan fingerprint density at radius 1 is 1.48 bits per heavy atom. The number of Topliss-reactive ketones (excluding diaryl/α,β-unsaturated/α-hetero) is 1. The number of nitrogens with one attached hydrogen (secondary N) is 1. The molecule has 1 aromatic heterocycles. The lowest BCUT2D eigenvalue weighted by atomic mass is 10.1. The second-order valence-corrected chi connectivity index (χ2v) is 5.16. The molecule has 0 spiro atoms. The number of hydrogen-bond donors (Lipinski definition) is 1. The van der Waals surface area contributed by atoms with Crippen LogP contribution in [0.3, 0.4) is 0 Å². The highest BCUT2D eigenvalue weighted by Crippen LogP contribution is 2.28. The number of ketones is 1. The molecule has 3 rings (SSSR count). The van der Waals surface area contributed by atoms with Crippen molar-refractivity contribution in [2.45, 2.75) is 32.4 Å². The Kier molecular flexibility index (Phi) is 3.90. The summed E-state index contributed by atoms with van der Waals surface area (Å²) in [5.41, 5.74) is 0.939. The molecule has 2 aromatic rings. The molecule has 1 N–H and O–H groups in total. The summed E-state index contributed by atoms with van der Waals surface area (Å²) in [5.74, 6) is 1.60. The highest BCUT2D eigenvalue weighted by molar-refractivity contribution is 5.86. The Labute approximate surface area is 124 Å². The van der Waals surface area contributed by atoms with Gasteiger partial charge in [0.1, 0.15) is 11.6 Å². The van der Waals surface area contributed by atoms with Crippen molar-refractivity contribution in [3.8, 4) is 5.75 Å². The second kappa shape index (κ2) is 5.99. The van der Waals surface area contributed by atoms with E-state index in [0.717, 1.165) is 30.2 Å². The summed E-state index contributed by atoms with van der Waals surface area (Å²) >= 11 is 0. The van der Waals surface area contributed by atoms with Crippen LogP contribution in [0.2, 0.25) is 0 Å². The van der Waals surface area contributed by atoms with E-state index in [1.165, 1.54) is 0 Å². The number of benzene rings is 1. The van der Waals surface area contributed by atoms with Crippen LogP contribution in [0.25, 0.3) is 0 Å². The number of carbonyl (C=O) groups is 1. The lowest BCUT2D eigenvalue weighted by Crippen LogP contribution is -2.39. The minimum Gasteiger partial charge on any atom is -0.479 e. The molecule has 1 atom stereocenters. The molecule has 0 amide bonds. The number of anilines is 1. The van der Waals surface area contributed by atoms with E-state index in [-0.39, 0.29) is 5.78 Å². The van der Waals surface area contributed by atoms with E-state index >= 15 is 0 Å². The predicted molar refractivity (Wildman–Crippen MR) is 80.6 cm³/mol. The number of hydrogen-bond acceptors (Lipinski definition) is 4. The molecule has 0 bridgehead atoms. The van der Waals surface area contributed by atoms with Crippen LogP contribution >= 0.6 is 0 Å². The summed E-state index contributed by atoms with van der Waals surface area (Å²) in [7, 11) is 0. The van der Waals surface area contributed by atoms with E-state index in [0.29, 0.717) is 13.0 Å². The quantitative estimate of drug-likeness (QED) is 0.915. The van der Waals surface area contributed by atoms with E-state index in [4.69, 9.17) is 4.74 Å². The minimum atomic E-state index is -0.452. The topological polar surface area (TPSA) is 56.2 Å². The molecule has 0 saturated heterocycles. The molecular formula is C16H19N3O2. The van der Waals surface area contributed by atoms with Crippen LogP contribution in [0, 0.1) is 0 Å². The largest absolute Gasteiger partial charge is 0.479 e. The lowest BCUT2D eigenvalue weighted by molar-refractivity contribution is -0.124. The number of aromatic nitrogens is 2. The number of rotatable bonds is 5. The average Bonchev–Trinajstić information content (AvgIpc) is 2.94. The molecule has 1 unspecified atom stereocenters. The van der Waals surface area contributed by atoms with Gasteiger partial charge in [0.15, 0.2) is 11.9 Å². The van der Waals surface area contributed by atoms with Gasteiger partial charge in [-0.25, -0.2) is 4.98 Å². The summed E-state index contributed by atoms with van der Waals surface area (Å²) in [4.78, 5) is 16.7. The molecule has 1 aliphatic rings. The zero-order valence-electron chi connectivity index (χ0n) is 12.1. The van der Waals surface area contributed by atoms with Gasteiger partial charge in [-0.1, -0.05) is 19.1 Å². The number of para-hydroxylation sites is 2. The van der Waals surface area contributed by atoms with Crippen molar-refractivity contribution in [3.63, 3.8) is 0 Å². The Morgan fingerprint density at radius 2 is 2.33 bits per heavy atom. The first-order valence-electron chi connectivity index (χ1n) is 7.30. The molecule has 0 saturated carbocycles. The second-order valence-electron chi connectivity index (χ2n) is 5.16. The van der Waals surface area contributed by atoms with Gasteiger partial charge in [-0.05, 0) is 18.6 Å². The van der Waals surface area contributed by atoms with Crippen molar-refractivity contribution in [2.24, 2.45) is 0 Å². The highest BCUT2D eigenvalue weighted by atomic mass is 16.5.